The fraction of sp³-hybridized carbons (Fsp3) is 0.323. The second kappa shape index (κ2) is 11.8. The molecule has 1 heterocycles. The van der Waals surface area contributed by atoms with Gasteiger partial charge in [-0.15, -0.1) is 0 Å². The molecule has 8 nitrogen and oxygen atoms in total. The standard InChI is InChI=1S/C31H37N3O5S/c1-21(35)20-32-30(36)29-28(22-9-7-6-8-10-22)26-19-24(13-16-27(26)33-29)34(17-18-39-5)40(37,38)25-14-11-23(12-15-25)31(2,3)4/h6-16,19,21,33,35H,17-18,20H2,1-5H3,(H,32,36). The molecular weight excluding hydrogens is 526 g/mol. The van der Waals surface area contributed by atoms with E-state index in [9.17, 15) is 18.3 Å². The maximum Gasteiger partial charge on any atom is 0.268 e. The molecule has 9 heteroatoms. The summed E-state index contributed by atoms with van der Waals surface area (Å²) in [6.45, 7) is 8.25. The molecule has 4 rings (SSSR count). The molecule has 1 aromatic heterocycles. The Morgan fingerprint density at radius 2 is 1.73 bits per heavy atom. The quantitative estimate of drug-likeness (QED) is 0.249. The Hall–Kier alpha value is -3.66. The van der Waals surface area contributed by atoms with Crippen molar-refractivity contribution in [3.63, 3.8) is 0 Å². The van der Waals surface area contributed by atoms with Gasteiger partial charge in [0.25, 0.3) is 15.9 Å². The summed E-state index contributed by atoms with van der Waals surface area (Å²) in [6, 6.07) is 21.7. The van der Waals surface area contributed by atoms with Gasteiger partial charge in [0.15, 0.2) is 0 Å². The van der Waals surface area contributed by atoms with Gasteiger partial charge < -0.3 is 20.1 Å². The number of H-pyrrole nitrogens is 1. The van der Waals surface area contributed by atoms with Crippen LogP contribution in [0.3, 0.4) is 0 Å². The van der Waals surface area contributed by atoms with Crippen LogP contribution in [0.25, 0.3) is 22.0 Å². The smallest absolute Gasteiger partial charge is 0.268 e. The van der Waals surface area contributed by atoms with Crippen molar-refractivity contribution in [2.75, 3.05) is 31.1 Å². The molecule has 0 aliphatic rings. The normalized spacial score (nSPS) is 12.8. The Morgan fingerprint density at radius 3 is 2.33 bits per heavy atom. The van der Waals surface area contributed by atoms with E-state index in [0.29, 0.717) is 27.8 Å². The highest BCUT2D eigenvalue weighted by atomic mass is 32.2. The molecule has 0 fully saturated rings. The number of methoxy groups -OCH3 is 1. The highest BCUT2D eigenvalue weighted by Gasteiger charge is 2.27. The summed E-state index contributed by atoms with van der Waals surface area (Å²) in [5.74, 6) is -0.361. The van der Waals surface area contributed by atoms with E-state index in [1.165, 1.54) is 11.4 Å². The number of amides is 1. The van der Waals surface area contributed by atoms with Crippen molar-refractivity contribution in [1.82, 2.24) is 10.3 Å². The number of rotatable bonds is 10. The van der Waals surface area contributed by atoms with Gasteiger partial charge in [-0.1, -0.05) is 63.2 Å². The average molecular weight is 564 g/mol. The number of hydrogen-bond acceptors (Lipinski definition) is 5. The van der Waals surface area contributed by atoms with Gasteiger partial charge in [-0.3, -0.25) is 9.10 Å². The number of benzene rings is 3. The van der Waals surface area contributed by atoms with Gasteiger partial charge in [0.1, 0.15) is 5.69 Å². The molecule has 0 radical (unpaired) electrons. The Bertz CT molecular complexity index is 1570. The lowest BCUT2D eigenvalue weighted by Gasteiger charge is -2.25. The van der Waals surface area contributed by atoms with E-state index in [1.807, 2.05) is 42.5 Å². The van der Waals surface area contributed by atoms with E-state index in [2.05, 4.69) is 31.1 Å². The molecule has 0 spiro atoms. The summed E-state index contributed by atoms with van der Waals surface area (Å²) in [6.07, 6.45) is -0.697. The lowest BCUT2D eigenvalue weighted by atomic mass is 9.87. The van der Waals surface area contributed by atoms with Crippen molar-refractivity contribution in [3.8, 4) is 11.1 Å². The third-order valence-corrected chi connectivity index (χ3v) is 8.57. The summed E-state index contributed by atoms with van der Waals surface area (Å²) in [5, 5.41) is 13.1. The molecule has 0 saturated heterocycles. The summed E-state index contributed by atoms with van der Waals surface area (Å²) in [4.78, 5) is 16.5. The van der Waals surface area contributed by atoms with E-state index in [1.54, 1.807) is 37.3 Å². The van der Waals surface area contributed by atoms with E-state index >= 15 is 0 Å². The zero-order valence-corrected chi connectivity index (χ0v) is 24.4. The number of nitrogens with one attached hydrogen (secondary N) is 2. The number of anilines is 1. The van der Waals surface area contributed by atoms with Gasteiger partial charge >= 0.3 is 0 Å². The number of fused-ring (bicyclic) bond motifs is 1. The fourth-order valence-corrected chi connectivity index (χ4v) is 6.00. The SMILES string of the molecule is COCCN(c1ccc2[nH]c(C(=O)NCC(C)O)c(-c3ccccc3)c2c1)S(=O)(=O)c1ccc(C(C)(C)C)cc1. The van der Waals surface area contributed by atoms with Crippen LogP contribution < -0.4 is 9.62 Å². The van der Waals surface area contributed by atoms with Crippen LogP contribution in [0.4, 0.5) is 5.69 Å². The minimum atomic E-state index is -3.93. The molecule has 1 unspecified atom stereocenters. The van der Waals surface area contributed by atoms with Crippen molar-refractivity contribution in [3.05, 3.63) is 84.1 Å². The van der Waals surface area contributed by atoms with E-state index in [-0.39, 0.29) is 35.9 Å². The first-order valence-corrected chi connectivity index (χ1v) is 14.7. The molecule has 1 amide bonds. The van der Waals surface area contributed by atoms with E-state index < -0.39 is 16.1 Å². The molecular formula is C31H37N3O5S. The summed E-state index contributed by atoms with van der Waals surface area (Å²) < 4.78 is 34.5. The number of aromatic amines is 1. The number of carbonyl (C=O) groups is 1. The topological polar surface area (TPSA) is 112 Å². The van der Waals surface area contributed by atoms with Crippen LogP contribution >= 0.6 is 0 Å². The van der Waals surface area contributed by atoms with Crippen LogP contribution in [0.15, 0.2) is 77.7 Å². The summed E-state index contributed by atoms with van der Waals surface area (Å²) in [5.41, 5.74) is 3.86. The zero-order valence-electron chi connectivity index (χ0n) is 23.6. The Kier molecular flexibility index (Phi) is 8.68. The average Bonchev–Trinajstić information content (AvgIpc) is 3.31. The van der Waals surface area contributed by atoms with E-state index in [0.717, 1.165) is 11.1 Å². The van der Waals surface area contributed by atoms with Crippen molar-refractivity contribution < 1.29 is 23.1 Å². The highest BCUT2D eigenvalue weighted by Crippen LogP contribution is 2.36. The maximum absolute atomic E-state index is 13.9. The van der Waals surface area contributed by atoms with Crippen LogP contribution in [-0.4, -0.2) is 57.3 Å². The molecule has 3 N–H and O–H groups in total. The lowest BCUT2D eigenvalue weighted by Crippen LogP contribution is -2.34. The minimum absolute atomic E-state index is 0.102. The number of carbonyl (C=O) groups excluding carboxylic acids is 1. The molecule has 0 bridgehead atoms. The second-order valence-electron chi connectivity index (χ2n) is 10.9. The number of aromatic nitrogens is 1. The molecule has 212 valence electrons. The number of hydrogen-bond donors (Lipinski definition) is 3. The van der Waals surface area contributed by atoms with Gasteiger partial charge in [-0.2, -0.15) is 0 Å². The molecule has 3 aromatic carbocycles. The van der Waals surface area contributed by atoms with Gasteiger partial charge in [0, 0.05) is 30.1 Å². The molecule has 1 atom stereocenters. The van der Waals surface area contributed by atoms with Crippen LogP contribution in [0.5, 0.6) is 0 Å². The number of nitrogens with zero attached hydrogens (tertiary/aromatic N) is 1. The van der Waals surface area contributed by atoms with Crippen molar-refractivity contribution in [2.24, 2.45) is 0 Å². The number of aliphatic hydroxyl groups is 1. The van der Waals surface area contributed by atoms with Gasteiger partial charge in [0.2, 0.25) is 0 Å². The second-order valence-corrected chi connectivity index (χ2v) is 12.7. The van der Waals surface area contributed by atoms with Crippen LogP contribution in [0, 0.1) is 0 Å². The monoisotopic (exact) mass is 563 g/mol. The number of ether oxygens (including phenoxy) is 1. The van der Waals surface area contributed by atoms with Crippen molar-refractivity contribution >= 4 is 32.5 Å². The van der Waals surface area contributed by atoms with Crippen LogP contribution in [0.1, 0.15) is 43.7 Å². The molecule has 0 aliphatic carbocycles. The largest absolute Gasteiger partial charge is 0.392 e. The Labute approximate surface area is 236 Å². The van der Waals surface area contributed by atoms with Crippen molar-refractivity contribution in [1.29, 1.82) is 0 Å². The zero-order chi connectivity index (χ0) is 29.1. The predicted molar refractivity (Wildman–Crippen MR) is 159 cm³/mol. The molecule has 0 saturated carbocycles. The van der Waals surface area contributed by atoms with Gasteiger partial charge in [0.05, 0.1) is 29.8 Å². The first-order valence-electron chi connectivity index (χ1n) is 13.2. The number of sulfonamides is 1. The highest BCUT2D eigenvalue weighted by molar-refractivity contribution is 7.92. The molecule has 40 heavy (non-hydrogen) atoms. The Morgan fingerprint density at radius 1 is 1.05 bits per heavy atom. The summed E-state index contributed by atoms with van der Waals surface area (Å²) in [7, 11) is -2.39. The Balaban J connectivity index is 1.84. The van der Waals surface area contributed by atoms with Gasteiger partial charge in [-0.25, -0.2) is 8.42 Å². The fourth-order valence-electron chi connectivity index (χ4n) is 4.56. The first-order chi connectivity index (χ1) is 18.9. The third-order valence-electron chi connectivity index (χ3n) is 6.72. The molecule has 0 aliphatic heterocycles. The van der Waals surface area contributed by atoms with Crippen LogP contribution in [0.2, 0.25) is 0 Å². The van der Waals surface area contributed by atoms with E-state index in [4.69, 9.17) is 4.74 Å². The maximum atomic E-state index is 13.9. The molecule has 4 aromatic rings. The predicted octanol–water partition coefficient (Wildman–Crippen LogP) is 5.08. The number of aliphatic hydroxyl groups excluding tert-OH is 1. The minimum Gasteiger partial charge on any atom is -0.392 e. The van der Waals surface area contributed by atoms with Crippen LogP contribution in [-0.2, 0) is 20.2 Å². The lowest BCUT2D eigenvalue weighted by molar-refractivity contribution is 0.0920. The van der Waals surface area contributed by atoms with Gasteiger partial charge in [-0.05, 0) is 53.8 Å². The third kappa shape index (κ3) is 6.22. The first kappa shape index (κ1) is 29.3. The summed E-state index contributed by atoms with van der Waals surface area (Å²) >= 11 is 0. The van der Waals surface area contributed by atoms with Crippen molar-refractivity contribution in [2.45, 2.75) is 44.1 Å².